The van der Waals surface area contributed by atoms with E-state index >= 15 is 0 Å². The summed E-state index contributed by atoms with van der Waals surface area (Å²) in [4.78, 5) is 20.2. The van der Waals surface area contributed by atoms with E-state index in [1.165, 1.54) is 12.1 Å². The fourth-order valence-electron chi connectivity index (χ4n) is 2.83. The number of aromatic carboxylic acids is 1. The molecule has 28 heavy (non-hydrogen) atoms. The van der Waals surface area contributed by atoms with Crippen LogP contribution in [-0.4, -0.2) is 33.4 Å². The third-order valence-corrected chi connectivity index (χ3v) is 6.11. The fourth-order valence-corrected chi connectivity index (χ4v) is 4.51. The molecule has 4 rings (SSSR count). The predicted octanol–water partition coefficient (Wildman–Crippen LogP) is 3.69. The normalized spacial score (nSPS) is 11.6. The lowest BCUT2D eigenvalue weighted by Gasteiger charge is -2.10. The summed E-state index contributed by atoms with van der Waals surface area (Å²) in [6, 6.07) is 17.6. The zero-order chi connectivity index (χ0) is 19.9. The second-order valence-electron chi connectivity index (χ2n) is 5.86. The van der Waals surface area contributed by atoms with E-state index < -0.39 is 21.7 Å². The molecule has 9 heteroatoms. The number of fused-ring (bicyclic) bond motifs is 1. The highest BCUT2D eigenvalue weighted by molar-refractivity contribution is 7.90. The number of carboxylic acids is 1. The Kier molecular flexibility index (Phi) is 4.37. The van der Waals surface area contributed by atoms with E-state index in [2.05, 4.69) is 9.97 Å². The number of hydrogen-bond acceptors (Lipinski definition) is 5. The molecule has 7 nitrogen and oxygen atoms in total. The van der Waals surface area contributed by atoms with Crippen molar-refractivity contribution in [1.29, 1.82) is 0 Å². The summed E-state index contributed by atoms with van der Waals surface area (Å²) in [5, 5.41) is 9.68. The summed E-state index contributed by atoms with van der Waals surface area (Å²) in [7, 11) is -4.23. The van der Waals surface area contributed by atoms with Crippen molar-refractivity contribution in [2.75, 3.05) is 0 Å². The summed E-state index contributed by atoms with van der Waals surface area (Å²) < 4.78 is 27.1. The van der Waals surface area contributed by atoms with Gasteiger partial charge in [-0.2, -0.15) is 0 Å². The SMILES string of the molecule is O=C(O)c1cc2c(Cl)nc(-c3ccccc3)nc2n1S(=O)(=O)c1ccccc1. The number of benzene rings is 2. The van der Waals surface area contributed by atoms with Crippen LogP contribution in [0.25, 0.3) is 22.4 Å². The highest BCUT2D eigenvalue weighted by atomic mass is 35.5. The Morgan fingerprint density at radius 1 is 0.964 bits per heavy atom. The molecule has 0 bridgehead atoms. The van der Waals surface area contributed by atoms with Crippen molar-refractivity contribution in [3.05, 3.63) is 77.6 Å². The van der Waals surface area contributed by atoms with Crippen LogP contribution >= 0.6 is 11.6 Å². The van der Waals surface area contributed by atoms with Crippen LogP contribution in [0.3, 0.4) is 0 Å². The van der Waals surface area contributed by atoms with Gasteiger partial charge in [-0.15, -0.1) is 0 Å². The van der Waals surface area contributed by atoms with Gasteiger partial charge in [-0.05, 0) is 18.2 Å². The van der Waals surface area contributed by atoms with Gasteiger partial charge in [0.2, 0.25) is 0 Å². The molecule has 0 aliphatic rings. The van der Waals surface area contributed by atoms with Gasteiger partial charge in [0.25, 0.3) is 10.0 Å². The molecule has 0 unspecified atom stereocenters. The van der Waals surface area contributed by atoms with Crippen LogP contribution < -0.4 is 0 Å². The maximum absolute atomic E-state index is 13.2. The van der Waals surface area contributed by atoms with Crippen LogP contribution in [0.15, 0.2) is 71.6 Å². The zero-order valence-corrected chi connectivity index (χ0v) is 15.7. The van der Waals surface area contributed by atoms with Gasteiger partial charge >= 0.3 is 5.97 Å². The first-order valence-electron chi connectivity index (χ1n) is 8.08. The Hall–Kier alpha value is -3.23. The van der Waals surface area contributed by atoms with Gasteiger partial charge in [-0.1, -0.05) is 60.1 Å². The van der Waals surface area contributed by atoms with Crippen molar-refractivity contribution >= 4 is 38.6 Å². The fraction of sp³-hybridized carbons (Fsp3) is 0. The van der Waals surface area contributed by atoms with Gasteiger partial charge in [-0.3, -0.25) is 0 Å². The molecular formula is C19H12ClN3O4S. The van der Waals surface area contributed by atoms with E-state index in [0.29, 0.717) is 9.54 Å². The first-order chi connectivity index (χ1) is 13.4. The molecule has 0 fully saturated rings. The Labute approximate surface area is 164 Å². The lowest BCUT2D eigenvalue weighted by atomic mass is 10.2. The third kappa shape index (κ3) is 2.92. The Balaban J connectivity index is 2.08. The number of halogens is 1. The van der Waals surface area contributed by atoms with Gasteiger partial charge in [0.1, 0.15) is 10.8 Å². The molecule has 2 aromatic heterocycles. The summed E-state index contributed by atoms with van der Waals surface area (Å²) in [6.07, 6.45) is 0. The Bertz CT molecular complexity index is 1300. The Morgan fingerprint density at radius 3 is 2.18 bits per heavy atom. The van der Waals surface area contributed by atoms with Gasteiger partial charge in [0.15, 0.2) is 11.5 Å². The molecule has 0 aliphatic carbocycles. The summed E-state index contributed by atoms with van der Waals surface area (Å²) in [6.45, 7) is 0. The van der Waals surface area contributed by atoms with Crippen molar-refractivity contribution in [3.63, 3.8) is 0 Å². The second kappa shape index (κ2) is 6.74. The standard InChI is InChI=1S/C19H12ClN3O4S/c20-16-14-11-15(19(24)25)23(28(26,27)13-9-5-2-6-10-13)18(14)22-17(21-16)12-7-3-1-4-8-12/h1-11H,(H,24,25). The number of rotatable bonds is 4. The molecule has 140 valence electrons. The lowest BCUT2D eigenvalue weighted by molar-refractivity contribution is 0.0689. The average molecular weight is 414 g/mol. The molecule has 1 N–H and O–H groups in total. The van der Waals surface area contributed by atoms with E-state index in [1.807, 2.05) is 6.07 Å². The molecule has 0 radical (unpaired) electrons. The predicted molar refractivity (Wildman–Crippen MR) is 104 cm³/mol. The highest BCUT2D eigenvalue weighted by Crippen LogP contribution is 2.30. The van der Waals surface area contributed by atoms with E-state index in [1.54, 1.807) is 42.5 Å². The quantitative estimate of drug-likeness (QED) is 0.512. The topological polar surface area (TPSA) is 102 Å². The molecule has 0 saturated heterocycles. The zero-order valence-electron chi connectivity index (χ0n) is 14.2. The number of carboxylic acid groups (broad SMARTS) is 1. The molecule has 0 saturated carbocycles. The first kappa shape index (κ1) is 18.1. The molecule has 2 heterocycles. The summed E-state index contributed by atoms with van der Waals surface area (Å²) in [5.41, 5.74) is 0.0494. The molecule has 0 amide bonds. The smallest absolute Gasteiger partial charge is 0.353 e. The molecule has 0 spiro atoms. The molecule has 0 aliphatic heterocycles. The van der Waals surface area contributed by atoms with Crippen LogP contribution in [0.5, 0.6) is 0 Å². The van der Waals surface area contributed by atoms with Gasteiger partial charge in [-0.25, -0.2) is 27.2 Å². The summed E-state index contributed by atoms with van der Waals surface area (Å²) >= 11 is 6.25. The van der Waals surface area contributed by atoms with E-state index in [-0.39, 0.29) is 26.9 Å². The number of hydrogen-bond donors (Lipinski definition) is 1. The number of nitrogens with zero attached hydrogens (tertiary/aromatic N) is 3. The maximum Gasteiger partial charge on any atom is 0.353 e. The minimum absolute atomic E-state index is 0.0339. The Morgan fingerprint density at radius 2 is 1.57 bits per heavy atom. The molecule has 2 aromatic carbocycles. The maximum atomic E-state index is 13.2. The van der Waals surface area contributed by atoms with Gasteiger partial charge in [0, 0.05) is 5.56 Å². The van der Waals surface area contributed by atoms with E-state index in [0.717, 1.165) is 6.07 Å². The van der Waals surface area contributed by atoms with E-state index in [4.69, 9.17) is 11.6 Å². The van der Waals surface area contributed by atoms with Crippen LogP contribution in [0.4, 0.5) is 0 Å². The van der Waals surface area contributed by atoms with Crippen LogP contribution in [0.2, 0.25) is 5.15 Å². The average Bonchev–Trinajstić information content (AvgIpc) is 3.11. The minimum Gasteiger partial charge on any atom is -0.477 e. The van der Waals surface area contributed by atoms with Gasteiger partial charge in [0.05, 0.1) is 10.3 Å². The minimum atomic E-state index is -4.23. The third-order valence-electron chi connectivity index (χ3n) is 4.10. The second-order valence-corrected chi connectivity index (χ2v) is 8.00. The van der Waals surface area contributed by atoms with Crippen LogP contribution in [-0.2, 0) is 10.0 Å². The largest absolute Gasteiger partial charge is 0.477 e. The summed E-state index contributed by atoms with van der Waals surface area (Å²) in [5.74, 6) is -1.23. The van der Waals surface area contributed by atoms with Crippen molar-refractivity contribution in [2.24, 2.45) is 0 Å². The monoisotopic (exact) mass is 413 g/mol. The van der Waals surface area contributed by atoms with Crippen molar-refractivity contribution < 1.29 is 18.3 Å². The lowest BCUT2D eigenvalue weighted by Crippen LogP contribution is -2.19. The molecular weight excluding hydrogens is 402 g/mol. The van der Waals surface area contributed by atoms with Crippen molar-refractivity contribution in [1.82, 2.24) is 13.9 Å². The number of carbonyl (C=O) groups is 1. The van der Waals surface area contributed by atoms with Crippen molar-refractivity contribution in [3.8, 4) is 11.4 Å². The molecule has 0 atom stereocenters. The van der Waals surface area contributed by atoms with Crippen molar-refractivity contribution in [2.45, 2.75) is 4.90 Å². The van der Waals surface area contributed by atoms with Crippen LogP contribution in [0, 0.1) is 0 Å². The first-order valence-corrected chi connectivity index (χ1v) is 9.90. The highest BCUT2D eigenvalue weighted by Gasteiger charge is 2.28. The molecule has 4 aromatic rings. The van der Waals surface area contributed by atoms with Crippen LogP contribution in [0.1, 0.15) is 10.5 Å². The number of aromatic nitrogens is 3. The van der Waals surface area contributed by atoms with Gasteiger partial charge < -0.3 is 5.11 Å². The van der Waals surface area contributed by atoms with E-state index in [9.17, 15) is 18.3 Å².